The lowest BCUT2D eigenvalue weighted by Gasteiger charge is -2.16. The Labute approximate surface area is 202 Å². The zero-order valence-corrected chi connectivity index (χ0v) is 20.7. The summed E-state index contributed by atoms with van der Waals surface area (Å²) in [7, 11) is -0.416. The number of sulfonamides is 1. The number of nitrogens with one attached hydrogen (secondary N) is 1. The zero-order chi connectivity index (χ0) is 24.3. The Morgan fingerprint density at radius 1 is 1.18 bits per heavy atom. The first-order chi connectivity index (χ1) is 16.3. The van der Waals surface area contributed by atoms with Crippen LogP contribution in [0, 0.1) is 0 Å². The first-order valence-corrected chi connectivity index (χ1v) is 13.0. The Balaban J connectivity index is 1.46. The van der Waals surface area contributed by atoms with Crippen molar-refractivity contribution in [1.82, 2.24) is 9.29 Å². The van der Waals surface area contributed by atoms with Crippen molar-refractivity contribution in [3.8, 4) is 17.2 Å². The van der Waals surface area contributed by atoms with Gasteiger partial charge in [0.05, 0.1) is 12.0 Å². The molecule has 4 aromatic rings. The van der Waals surface area contributed by atoms with Crippen LogP contribution in [0.5, 0.6) is 5.75 Å². The van der Waals surface area contributed by atoms with Crippen LogP contribution >= 0.6 is 11.3 Å². The molecule has 8 nitrogen and oxygen atoms in total. The number of carbonyl (C=O) groups excluding carboxylic acids is 1. The number of benzene rings is 2. The van der Waals surface area contributed by atoms with Gasteiger partial charge in [-0.1, -0.05) is 13.3 Å². The Morgan fingerprint density at radius 3 is 2.65 bits per heavy atom. The number of amides is 1. The van der Waals surface area contributed by atoms with Gasteiger partial charge in [0.25, 0.3) is 5.91 Å². The van der Waals surface area contributed by atoms with Crippen LogP contribution in [-0.4, -0.2) is 44.3 Å². The molecule has 1 N–H and O–H groups in total. The Bertz CT molecular complexity index is 1410. The van der Waals surface area contributed by atoms with Gasteiger partial charge in [-0.3, -0.25) is 10.1 Å². The number of fused-ring (bicyclic) bond motifs is 1. The summed E-state index contributed by atoms with van der Waals surface area (Å²) >= 11 is 1.27. The standard InChI is InChI=1S/C24H25N3O5S2/c1-4-5-12-27(2)34(29,30)19-9-6-16(7-10-19)23(28)26-24-25-20(15-33-24)22-14-17-13-18(31-3)8-11-21(17)32-22/h6-11,13-15H,4-5,12H2,1-3H3,(H,25,26,28). The molecule has 0 aliphatic rings. The van der Waals surface area contributed by atoms with Crippen molar-refractivity contribution < 1.29 is 22.4 Å². The van der Waals surface area contributed by atoms with Crippen LogP contribution in [-0.2, 0) is 10.0 Å². The van der Waals surface area contributed by atoms with Gasteiger partial charge in [-0.2, -0.15) is 0 Å². The van der Waals surface area contributed by atoms with E-state index in [0.717, 1.165) is 24.0 Å². The molecule has 178 valence electrons. The third-order valence-corrected chi connectivity index (χ3v) is 7.98. The highest BCUT2D eigenvalue weighted by Crippen LogP contribution is 2.32. The van der Waals surface area contributed by atoms with Crippen LogP contribution < -0.4 is 10.1 Å². The molecule has 2 heterocycles. The molecule has 1 amide bonds. The minimum absolute atomic E-state index is 0.153. The number of nitrogens with zero attached hydrogens (tertiary/aromatic N) is 2. The van der Waals surface area contributed by atoms with Gasteiger partial charge >= 0.3 is 0 Å². The summed E-state index contributed by atoms with van der Waals surface area (Å²) in [4.78, 5) is 17.3. The fourth-order valence-corrected chi connectivity index (χ4v) is 5.25. The summed E-state index contributed by atoms with van der Waals surface area (Å²) in [5.41, 5.74) is 1.65. The second-order valence-electron chi connectivity index (χ2n) is 7.71. The number of hydrogen-bond acceptors (Lipinski definition) is 7. The predicted molar refractivity (Wildman–Crippen MR) is 133 cm³/mol. The number of methoxy groups -OCH3 is 1. The molecule has 4 rings (SSSR count). The van der Waals surface area contributed by atoms with Gasteiger partial charge in [0, 0.05) is 29.9 Å². The lowest BCUT2D eigenvalue weighted by molar-refractivity contribution is 0.102. The Morgan fingerprint density at radius 2 is 1.94 bits per heavy atom. The number of carbonyl (C=O) groups is 1. The number of ether oxygens (including phenoxy) is 1. The van der Waals surface area contributed by atoms with Crippen molar-refractivity contribution >= 4 is 43.4 Å². The highest BCUT2D eigenvalue weighted by atomic mass is 32.2. The van der Waals surface area contributed by atoms with Gasteiger partial charge < -0.3 is 9.15 Å². The molecule has 10 heteroatoms. The van der Waals surface area contributed by atoms with Gasteiger partial charge in [0.15, 0.2) is 10.9 Å². The van der Waals surface area contributed by atoms with Crippen molar-refractivity contribution in [3.05, 3.63) is 59.5 Å². The lowest BCUT2D eigenvalue weighted by Crippen LogP contribution is -2.28. The van der Waals surface area contributed by atoms with E-state index < -0.39 is 10.0 Å². The molecule has 0 bridgehead atoms. The van der Waals surface area contributed by atoms with E-state index in [9.17, 15) is 13.2 Å². The molecule has 0 atom stereocenters. The number of thiazole rings is 1. The van der Waals surface area contributed by atoms with Crippen molar-refractivity contribution in [2.45, 2.75) is 24.7 Å². The van der Waals surface area contributed by atoms with E-state index in [0.29, 0.717) is 34.3 Å². The van der Waals surface area contributed by atoms with E-state index in [1.807, 2.05) is 31.2 Å². The predicted octanol–water partition coefficient (Wildman–Crippen LogP) is 5.24. The van der Waals surface area contributed by atoms with E-state index >= 15 is 0 Å². The zero-order valence-electron chi connectivity index (χ0n) is 19.1. The monoisotopic (exact) mass is 499 g/mol. The van der Waals surface area contributed by atoms with Gasteiger partial charge in [0.1, 0.15) is 17.0 Å². The quantitative estimate of drug-likeness (QED) is 0.338. The van der Waals surface area contributed by atoms with Crippen molar-refractivity contribution in [3.63, 3.8) is 0 Å². The van der Waals surface area contributed by atoms with Crippen molar-refractivity contribution in [2.24, 2.45) is 0 Å². The molecular weight excluding hydrogens is 474 g/mol. The number of aromatic nitrogens is 1. The maximum atomic E-state index is 12.7. The minimum Gasteiger partial charge on any atom is -0.497 e. The summed E-state index contributed by atoms with van der Waals surface area (Å²) in [6, 6.07) is 13.3. The minimum atomic E-state index is -3.58. The van der Waals surface area contributed by atoms with Gasteiger partial charge in [-0.25, -0.2) is 17.7 Å². The molecule has 0 fully saturated rings. The van der Waals surface area contributed by atoms with E-state index in [1.54, 1.807) is 19.5 Å². The SMILES string of the molecule is CCCCN(C)S(=O)(=O)c1ccc(C(=O)Nc2nc(-c3cc4cc(OC)ccc4o3)cs2)cc1. The molecule has 0 saturated heterocycles. The molecule has 0 radical (unpaired) electrons. The van der Waals surface area contributed by atoms with Crippen LogP contribution in [0.1, 0.15) is 30.1 Å². The molecule has 0 aliphatic carbocycles. The molecular formula is C24H25N3O5S2. The average molecular weight is 500 g/mol. The number of furan rings is 1. The van der Waals surface area contributed by atoms with E-state index in [1.165, 1.54) is 39.9 Å². The fraction of sp³-hybridized carbons (Fsp3) is 0.250. The largest absolute Gasteiger partial charge is 0.497 e. The summed E-state index contributed by atoms with van der Waals surface area (Å²) in [5.74, 6) is 0.942. The molecule has 0 spiro atoms. The maximum Gasteiger partial charge on any atom is 0.257 e. The second-order valence-corrected chi connectivity index (χ2v) is 10.6. The van der Waals surface area contributed by atoms with Crippen LogP contribution in [0.4, 0.5) is 5.13 Å². The van der Waals surface area contributed by atoms with Crippen LogP contribution in [0.25, 0.3) is 22.4 Å². The fourth-order valence-electron chi connectivity index (χ4n) is 3.35. The summed E-state index contributed by atoms with van der Waals surface area (Å²) in [5, 5.41) is 5.86. The first-order valence-electron chi connectivity index (χ1n) is 10.7. The van der Waals surface area contributed by atoms with E-state index in [4.69, 9.17) is 9.15 Å². The number of unbranched alkanes of at least 4 members (excludes halogenated alkanes) is 1. The lowest BCUT2D eigenvalue weighted by atomic mass is 10.2. The number of anilines is 1. The number of rotatable bonds is 9. The Hall–Kier alpha value is -3.21. The first kappa shape index (κ1) is 23.9. The smallest absolute Gasteiger partial charge is 0.257 e. The van der Waals surface area contributed by atoms with Gasteiger partial charge in [-0.15, -0.1) is 11.3 Å². The van der Waals surface area contributed by atoms with Gasteiger partial charge in [0.2, 0.25) is 10.0 Å². The maximum absolute atomic E-state index is 12.7. The summed E-state index contributed by atoms with van der Waals surface area (Å²) in [6.45, 7) is 2.46. The normalized spacial score (nSPS) is 11.8. The Kier molecular flexibility index (Phi) is 7.01. The molecule has 34 heavy (non-hydrogen) atoms. The van der Waals surface area contributed by atoms with E-state index in [2.05, 4.69) is 10.3 Å². The van der Waals surface area contributed by atoms with Crippen LogP contribution in [0.2, 0.25) is 0 Å². The number of hydrogen-bond donors (Lipinski definition) is 1. The van der Waals surface area contributed by atoms with Gasteiger partial charge in [-0.05, 0) is 55.0 Å². The average Bonchev–Trinajstić information content (AvgIpc) is 3.48. The molecule has 0 saturated carbocycles. The topological polar surface area (TPSA) is 102 Å². The second kappa shape index (κ2) is 9.96. The highest BCUT2D eigenvalue weighted by Gasteiger charge is 2.21. The summed E-state index contributed by atoms with van der Waals surface area (Å²) < 4.78 is 37.7. The highest BCUT2D eigenvalue weighted by molar-refractivity contribution is 7.89. The summed E-state index contributed by atoms with van der Waals surface area (Å²) in [6.07, 6.45) is 1.69. The van der Waals surface area contributed by atoms with E-state index in [-0.39, 0.29) is 10.8 Å². The van der Waals surface area contributed by atoms with Crippen molar-refractivity contribution in [1.29, 1.82) is 0 Å². The van der Waals surface area contributed by atoms with Crippen molar-refractivity contribution in [2.75, 3.05) is 26.0 Å². The third-order valence-electron chi connectivity index (χ3n) is 5.35. The van der Waals surface area contributed by atoms with Crippen LogP contribution in [0.3, 0.4) is 0 Å². The molecule has 2 aromatic carbocycles. The van der Waals surface area contributed by atoms with Crippen LogP contribution in [0.15, 0.2) is 63.2 Å². The molecule has 2 aromatic heterocycles. The third kappa shape index (κ3) is 4.98. The molecule has 0 aliphatic heterocycles. The molecule has 0 unspecified atom stereocenters.